The van der Waals surface area contributed by atoms with Gasteiger partial charge in [-0.25, -0.2) is 0 Å². The lowest BCUT2D eigenvalue weighted by molar-refractivity contribution is -0.145. The molecule has 0 N–H and O–H groups in total. The van der Waals surface area contributed by atoms with Crippen LogP contribution < -0.4 is 4.74 Å². The Morgan fingerprint density at radius 1 is 1.25 bits per heavy atom. The second kappa shape index (κ2) is 8.01. The number of hydrogen-bond donors (Lipinski definition) is 0. The number of hydrogen-bond acceptors (Lipinski definition) is 6. The molecule has 1 saturated heterocycles. The molecule has 0 unspecified atom stereocenters. The van der Waals surface area contributed by atoms with E-state index in [1.165, 1.54) is 0 Å². The van der Waals surface area contributed by atoms with Crippen LogP contribution in [0.25, 0.3) is 6.08 Å². The molecule has 0 spiro atoms. The van der Waals surface area contributed by atoms with Crippen molar-refractivity contribution < 1.29 is 23.9 Å². The predicted octanol–water partition coefficient (Wildman–Crippen LogP) is 3.07. The highest BCUT2D eigenvalue weighted by Gasteiger charge is 2.36. The minimum Gasteiger partial charge on any atom is -0.491 e. The summed E-state index contributed by atoms with van der Waals surface area (Å²) in [5, 5.41) is -0.473. The molecule has 7 heteroatoms. The Hall–Kier alpha value is -2.28. The van der Waals surface area contributed by atoms with E-state index in [9.17, 15) is 14.4 Å². The molecule has 2 rings (SSSR count). The van der Waals surface area contributed by atoms with Crippen LogP contribution >= 0.6 is 11.8 Å². The number of carbonyl (C=O) groups is 3. The molecule has 0 radical (unpaired) electrons. The second-order valence-electron chi connectivity index (χ2n) is 5.31. The summed E-state index contributed by atoms with van der Waals surface area (Å²) < 4.78 is 10.3. The smallest absolute Gasteiger partial charge is 0.326 e. The summed E-state index contributed by atoms with van der Waals surface area (Å²) in [5.41, 5.74) is 0.771. The van der Waals surface area contributed by atoms with E-state index in [4.69, 9.17) is 9.47 Å². The van der Waals surface area contributed by atoms with E-state index < -0.39 is 17.1 Å². The predicted molar refractivity (Wildman–Crippen MR) is 91.5 cm³/mol. The lowest BCUT2D eigenvalue weighted by Gasteiger charge is -2.10. The number of thioether (sulfide) groups is 1. The van der Waals surface area contributed by atoms with Crippen molar-refractivity contribution in [3.8, 4) is 5.75 Å². The van der Waals surface area contributed by atoms with E-state index in [1.807, 2.05) is 13.8 Å². The number of rotatable bonds is 6. The average Bonchev–Trinajstić information content (AvgIpc) is 2.77. The largest absolute Gasteiger partial charge is 0.491 e. The maximum atomic E-state index is 12.3. The van der Waals surface area contributed by atoms with Gasteiger partial charge < -0.3 is 9.47 Å². The fraction of sp³-hybridized carbons (Fsp3) is 0.353. The van der Waals surface area contributed by atoms with E-state index in [-0.39, 0.29) is 24.2 Å². The molecule has 0 aliphatic carbocycles. The van der Waals surface area contributed by atoms with Crippen molar-refractivity contribution >= 4 is 35.0 Å². The Labute approximate surface area is 144 Å². The lowest BCUT2D eigenvalue weighted by Crippen LogP contribution is -2.34. The molecule has 1 aromatic carbocycles. The van der Waals surface area contributed by atoms with E-state index >= 15 is 0 Å². The number of nitrogens with zero attached hydrogens (tertiary/aromatic N) is 1. The summed E-state index contributed by atoms with van der Waals surface area (Å²) in [7, 11) is 0. The maximum Gasteiger partial charge on any atom is 0.326 e. The van der Waals surface area contributed by atoms with Gasteiger partial charge in [-0.3, -0.25) is 19.3 Å². The zero-order chi connectivity index (χ0) is 17.7. The summed E-state index contributed by atoms with van der Waals surface area (Å²) >= 11 is 0.811. The van der Waals surface area contributed by atoms with E-state index in [0.29, 0.717) is 0 Å². The first kappa shape index (κ1) is 18.1. The minimum absolute atomic E-state index is 0.0789. The normalized spacial score (nSPS) is 16.2. The molecule has 0 atom stereocenters. The summed E-state index contributed by atoms with van der Waals surface area (Å²) in [5.74, 6) is -0.352. The number of carbonyl (C=O) groups excluding carboxylic acids is 3. The summed E-state index contributed by atoms with van der Waals surface area (Å²) in [6, 6.07) is 7.21. The molecule has 0 aromatic heterocycles. The monoisotopic (exact) mass is 349 g/mol. The molecule has 0 saturated carbocycles. The average molecular weight is 349 g/mol. The number of imide groups is 1. The third-order valence-electron chi connectivity index (χ3n) is 3.02. The lowest BCUT2D eigenvalue weighted by atomic mass is 10.2. The van der Waals surface area contributed by atoms with Crippen molar-refractivity contribution in [2.45, 2.75) is 26.9 Å². The summed E-state index contributed by atoms with van der Waals surface area (Å²) in [6.45, 7) is 5.38. The van der Waals surface area contributed by atoms with Gasteiger partial charge in [0.15, 0.2) is 0 Å². The summed E-state index contributed by atoms with van der Waals surface area (Å²) in [6.07, 6.45) is 1.70. The van der Waals surface area contributed by atoms with Gasteiger partial charge >= 0.3 is 5.97 Å². The van der Waals surface area contributed by atoms with Crippen LogP contribution in [-0.2, 0) is 14.3 Å². The fourth-order valence-corrected chi connectivity index (χ4v) is 2.88. The third-order valence-corrected chi connectivity index (χ3v) is 3.92. The van der Waals surface area contributed by atoms with Crippen LogP contribution in [-0.4, -0.2) is 41.3 Å². The summed E-state index contributed by atoms with van der Waals surface area (Å²) in [4.78, 5) is 36.8. The van der Waals surface area contributed by atoms with Crippen molar-refractivity contribution in [3.05, 3.63) is 34.7 Å². The molecule has 24 heavy (non-hydrogen) atoms. The molecule has 2 amide bonds. The standard InChI is InChI=1S/C17H19NO5S/c1-4-22-15(19)10-18-16(20)14(24-17(18)21)9-12-5-7-13(8-6-12)23-11(2)3/h5-9,11H,4,10H2,1-3H3/b14-9+. The van der Waals surface area contributed by atoms with Crippen molar-refractivity contribution in [1.82, 2.24) is 4.90 Å². The Morgan fingerprint density at radius 2 is 1.92 bits per heavy atom. The molecule has 0 bridgehead atoms. The van der Waals surface area contributed by atoms with Crippen LogP contribution in [0.4, 0.5) is 4.79 Å². The van der Waals surface area contributed by atoms with Crippen LogP contribution in [0.15, 0.2) is 29.2 Å². The maximum absolute atomic E-state index is 12.3. The second-order valence-corrected chi connectivity index (χ2v) is 6.30. The molecule has 1 fully saturated rings. The Balaban J connectivity index is 2.09. The molecule has 1 aliphatic heterocycles. The quantitative estimate of drug-likeness (QED) is 0.580. The van der Waals surface area contributed by atoms with Gasteiger partial charge in [0.25, 0.3) is 11.1 Å². The van der Waals surface area contributed by atoms with Gasteiger partial charge in [0.05, 0.1) is 17.6 Å². The van der Waals surface area contributed by atoms with Crippen LogP contribution in [0.2, 0.25) is 0 Å². The van der Waals surface area contributed by atoms with Crippen molar-refractivity contribution in [3.63, 3.8) is 0 Å². The topological polar surface area (TPSA) is 72.9 Å². The Kier molecular flexibility index (Phi) is 6.03. The molecule has 128 valence electrons. The zero-order valence-corrected chi connectivity index (χ0v) is 14.6. The van der Waals surface area contributed by atoms with Crippen molar-refractivity contribution in [2.75, 3.05) is 13.2 Å². The number of amides is 2. The highest BCUT2D eigenvalue weighted by molar-refractivity contribution is 8.18. The molecular weight excluding hydrogens is 330 g/mol. The molecule has 1 heterocycles. The Bertz CT molecular complexity index is 666. The van der Waals surface area contributed by atoms with Gasteiger partial charge in [-0.05, 0) is 56.3 Å². The fourth-order valence-electron chi connectivity index (χ4n) is 2.04. The molecule has 1 aromatic rings. The van der Waals surface area contributed by atoms with Gasteiger partial charge in [-0.2, -0.15) is 0 Å². The molecule has 6 nitrogen and oxygen atoms in total. The molecule has 1 aliphatic rings. The van der Waals surface area contributed by atoms with E-state index in [1.54, 1.807) is 37.3 Å². The van der Waals surface area contributed by atoms with Crippen LogP contribution in [0.3, 0.4) is 0 Å². The number of ether oxygens (including phenoxy) is 2. The van der Waals surface area contributed by atoms with Crippen molar-refractivity contribution in [2.24, 2.45) is 0 Å². The highest BCUT2D eigenvalue weighted by Crippen LogP contribution is 2.32. The first-order valence-corrected chi connectivity index (χ1v) is 8.40. The SMILES string of the molecule is CCOC(=O)CN1C(=O)S/C(=C/c2ccc(OC(C)C)cc2)C1=O. The van der Waals surface area contributed by atoms with E-state index in [2.05, 4.69) is 0 Å². The van der Waals surface area contributed by atoms with Crippen molar-refractivity contribution in [1.29, 1.82) is 0 Å². The van der Waals surface area contributed by atoms with Gasteiger partial charge in [0, 0.05) is 0 Å². The van der Waals surface area contributed by atoms with Gasteiger partial charge in [-0.15, -0.1) is 0 Å². The van der Waals surface area contributed by atoms with Gasteiger partial charge in [-0.1, -0.05) is 12.1 Å². The first-order valence-electron chi connectivity index (χ1n) is 7.58. The van der Waals surface area contributed by atoms with Gasteiger partial charge in [0.1, 0.15) is 12.3 Å². The zero-order valence-electron chi connectivity index (χ0n) is 13.8. The third kappa shape index (κ3) is 4.61. The van der Waals surface area contributed by atoms with Gasteiger partial charge in [0.2, 0.25) is 0 Å². The minimum atomic E-state index is -0.601. The number of esters is 1. The first-order chi connectivity index (χ1) is 11.4. The Morgan fingerprint density at radius 3 is 2.50 bits per heavy atom. The highest BCUT2D eigenvalue weighted by atomic mass is 32.2. The molecular formula is C17H19NO5S. The number of benzene rings is 1. The van der Waals surface area contributed by atoms with Crippen LogP contribution in [0.1, 0.15) is 26.3 Å². The van der Waals surface area contributed by atoms with Crippen LogP contribution in [0.5, 0.6) is 5.75 Å². The van der Waals surface area contributed by atoms with E-state index in [0.717, 1.165) is 28.0 Å². The van der Waals surface area contributed by atoms with Crippen LogP contribution in [0, 0.1) is 0 Å².